The zero-order valence-electron chi connectivity index (χ0n) is 13.7. The van der Waals surface area contributed by atoms with Crippen LogP contribution in [-0.4, -0.2) is 75.1 Å². The van der Waals surface area contributed by atoms with Crippen LogP contribution in [0.15, 0.2) is 12.4 Å². The lowest BCUT2D eigenvalue weighted by Gasteiger charge is -2.26. The number of aliphatic hydroxyl groups excluding tert-OH is 1. The van der Waals surface area contributed by atoms with Gasteiger partial charge >= 0.3 is 0 Å². The molecule has 23 heavy (non-hydrogen) atoms. The minimum atomic E-state index is 0.0623. The van der Waals surface area contributed by atoms with E-state index in [1.54, 1.807) is 17.1 Å². The average molecular weight is 321 g/mol. The van der Waals surface area contributed by atoms with E-state index in [2.05, 4.69) is 15.2 Å². The van der Waals surface area contributed by atoms with E-state index >= 15 is 0 Å². The molecule has 1 aromatic rings. The van der Waals surface area contributed by atoms with Crippen LogP contribution in [0.4, 0.5) is 0 Å². The molecule has 0 aliphatic carbocycles. The van der Waals surface area contributed by atoms with Crippen LogP contribution in [0.5, 0.6) is 0 Å². The summed E-state index contributed by atoms with van der Waals surface area (Å²) in [5.74, 6) is 0.628. The summed E-state index contributed by atoms with van der Waals surface area (Å²) in [5, 5.41) is 17.3. The number of likely N-dealkylation sites (tertiary alicyclic amines) is 2. The van der Waals surface area contributed by atoms with Gasteiger partial charge in [-0.05, 0) is 31.8 Å². The van der Waals surface area contributed by atoms with Gasteiger partial charge in [0.25, 0.3) is 0 Å². The molecule has 0 radical (unpaired) electrons. The third-order valence-corrected chi connectivity index (χ3v) is 5.12. The lowest BCUT2D eigenvalue weighted by atomic mass is 9.96. The molecule has 0 aromatic carbocycles. The van der Waals surface area contributed by atoms with Gasteiger partial charge in [0.05, 0.1) is 6.20 Å². The Kier molecular flexibility index (Phi) is 5.61. The topological polar surface area (TPSA) is 74.5 Å². The molecule has 2 aliphatic rings. The van der Waals surface area contributed by atoms with E-state index < -0.39 is 0 Å². The smallest absolute Gasteiger partial charge is 0.244 e. The Labute approximate surface area is 137 Å². The molecular weight excluding hydrogens is 294 g/mol. The zero-order valence-corrected chi connectivity index (χ0v) is 13.7. The fraction of sp³-hybridized carbons (Fsp3) is 0.812. The fourth-order valence-corrected chi connectivity index (χ4v) is 3.76. The van der Waals surface area contributed by atoms with Crippen molar-refractivity contribution in [1.29, 1.82) is 0 Å². The van der Waals surface area contributed by atoms with E-state index in [4.69, 9.17) is 0 Å². The number of nitrogens with zero attached hydrogens (tertiary/aromatic N) is 5. The third-order valence-electron chi connectivity index (χ3n) is 5.12. The summed E-state index contributed by atoms with van der Waals surface area (Å²) < 4.78 is 1.55. The predicted molar refractivity (Wildman–Crippen MR) is 85.6 cm³/mol. The van der Waals surface area contributed by atoms with Gasteiger partial charge in [-0.25, -0.2) is 4.68 Å². The number of carbonyl (C=O) groups is 1. The Morgan fingerprint density at radius 1 is 1.13 bits per heavy atom. The molecule has 7 heteroatoms. The maximum Gasteiger partial charge on any atom is 0.244 e. The largest absolute Gasteiger partial charge is 0.396 e. The third kappa shape index (κ3) is 4.29. The van der Waals surface area contributed by atoms with Crippen molar-refractivity contribution >= 4 is 5.91 Å². The second kappa shape index (κ2) is 7.88. The Morgan fingerprint density at radius 3 is 2.52 bits per heavy atom. The van der Waals surface area contributed by atoms with Crippen molar-refractivity contribution in [3.8, 4) is 0 Å². The first-order valence-electron chi connectivity index (χ1n) is 8.71. The molecule has 2 saturated heterocycles. The van der Waals surface area contributed by atoms with Crippen LogP contribution < -0.4 is 0 Å². The molecule has 0 spiro atoms. The molecular formula is C16H27N5O2. The first kappa shape index (κ1) is 16.4. The number of aromatic nitrogens is 3. The van der Waals surface area contributed by atoms with E-state index in [0.29, 0.717) is 12.5 Å². The first-order chi connectivity index (χ1) is 11.3. The predicted octanol–water partition coefficient (Wildman–Crippen LogP) is 0.221. The van der Waals surface area contributed by atoms with E-state index in [-0.39, 0.29) is 25.0 Å². The van der Waals surface area contributed by atoms with Gasteiger partial charge in [0, 0.05) is 38.4 Å². The lowest BCUT2D eigenvalue weighted by molar-refractivity contribution is -0.131. The van der Waals surface area contributed by atoms with E-state index in [9.17, 15) is 9.90 Å². The van der Waals surface area contributed by atoms with Crippen LogP contribution in [0.2, 0.25) is 0 Å². The Balaban J connectivity index is 1.55. The number of hydrogen-bond acceptors (Lipinski definition) is 5. The van der Waals surface area contributed by atoms with E-state index in [0.717, 1.165) is 26.2 Å². The summed E-state index contributed by atoms with van der Waals surface area (Å²) in [6, 6.07) is 0. The molecule has 1 aromatic heterocycles. The molecule has 0 saturated carbocycles. The van der Waals surface area contributed by atoms with Crippen molar-refractivity contribution in [2.75, 3.05) is 39.3 Å². The number of aliphatic hydroxyl groups is 1. The van der Waals surface area contributed by atoms with Crippen molar-refractivity contribution in [3.63, 3.8) is 0 Å². The summed E-state index contributed by atoms with van der Waals surface area (Å²) in [6.45, 7) is 5.10. The summed E-state index contributed by atoms with van der Waals surface area (Å²) in [5.41, 5.74) is 0. The maximum absolute atomic E-state index is 12.4. The van der Waals surface area contributed by atoms with Crippen LogP contribution in [-0.2, 0) is 11.3 Å². The summed E-state index contributed by atoms with van der Waals surface area (Å²) >= 11 is 0. The van der Waals surface area contributed by atoms with Crippen molar-refractivity contribution < 1.29 is 9.90 Å². The van der Waals surface area contributed by atoms with Gasteiger partial charge < -0.3 is 14.9 Å². The molecule has 0 bridgehead atoms. The highest BCUT2D eigenvalue weighted by molar-refractivity contribution is 5.76. The van der Waals surface area contributed by atoms with Crippen LogP contribution in [0, 0.1) is 11.8 Å². The van der Waals surface area contributed by atoms with Gasteiger partial charge in [-0.2, -0.15) is 0 Å². The average Bonchev–Trinajstić information content (AvgIpc) is 3.12. The van der Waals surface area contributed by atoms with Gasteiger partial charge in [0.2, 0.25) is 5.91 Å². The van der Waals surface area contributed by atoms with Gasteiger partial charge in [-0.1, -0.05) is 18.1 Å². The lowest BCUT2D eigenvalue weighted by Crippen LogP contribution is -2.35. The van der Waals surface area contributed by atoms with Gasteiger partial charge in [-0.3, -0.25) is 4.79 Å². The Hall–Kier alpha value is -1.47. The van der Waals surface area contributed by atoms with E-state index in [1.807, 2.05) is 4.90 Å². The SMILES string of the molecule is O=C(Cn1ccnn1)N1C[C@@H](CN2CCCCCC2)[C@@H](CO)C1. The van der Waals surface area contributed by atoms with Crippen LogP contribution in [0.25, 0.3) is 0 Å². The zero-order chi connectivity index (χ0) is 16.1. The molecule has 2 atom stereocenters. The Bertz CT molecular complexity index is 485. The van der Waals surface area contributed by atoms with E-state index in [1.165, 1.54) is 25.7 Å². The Morgan fingerprint density at radius 2 is 1.87 bits per heavy atom. The number of hydrogen-bond donors (Lipinski definition) is 1. The second-order valence-electron chi connectivity index (χ2n) is 6.82. The summed E-state index contributed by atoms with van der Waals surface area (Å²) in [4.78, 5) is 16.8. The highest BCUT2D eigenvalue weighted by Gasteiger charge is 2.35. The minimum Gasteiger partial charge on any atom is -0.396 e. The summed E-state index contributed by atoms with van der Waals surface area (Å²) in [6.07, 6.45) is 8.47. The van der Waals surface area contributed by atoms with Gasteiger partial charge in [0.15, 0.2) is 0 Å². The van der Waals surface area contributed by atoms with Crippen molar-refractivity contribution in [2.45, 2.75) is 32.2 Å². The number of rotatable bonds is 5. The highest BCUT2D eigenvalue weighted by Crippen LogP contribution is 2.25. The molecule has 1 amide bonds. The molecule has 7 nitrogen and oxygen atoms in total. The minimum absolute atomic E-state index is 0.0623. The molecule has 1 N–H and O–H groups in total. The van der Waals surface area contributed by atoms with Crippen molar-refractivity contribution in [3.05, 3.63) is 12.4 Å². The van der Waals surface area contributed by atoms with Crippen molar-refractivity contribution in [2.24, 2.45) is 11.8 Å². The standard InChI is InChI=1S/C16H27N5O2/c22-13-15-11-20(16(23)12-21-8-5-17-18-21)10-14(15)9-19-6-3-1-2-4-7-19/h5,8,14-15,22H,1-4,6-7,9-13H2/t14-,15-/m1/s1. The van der Waals surface area contributed by atoms with Gasteiger partial charge in [0.1, 0.15) is 6.54 Å². The molecule has 3 rings (SSSR count). The van der Waals surface area contributed by atoms with Gasteiger partial charge in [-0.15, -0.1) is 5.10 Å². The monoisotopic (exact) mass is 321 g/mol. The van der Waals surface area contributed by atoms with Crippen molar-refractivity contribution in [1.82, 2.24) is 24.8 Å². The quantitative estimate of drug-likeness (QED) is 0.840. The highest BCUT2D eigenvalue weighted by atomic mass is 16.3. The fourth-order valence-electron chi connectivity index (χ4n) is 3.76. The molecule has 3 heterocycles. The molecule has 2 aliphatic heterocycles. The molecule has 2 fully saturated rings. The summed E-state index contributed by atoms with van der Waals surface area (Å²) in [7, 11) is 0. The maximum atomic E-state index is 12.4. The normalized spacial score (nSPS) is 26.4. The molecule has 128 valence electrons. The van der Waals surface area contributed by atoms with Crippen LogP contribution in [0.3, 0.4) is 0 Å². The number of carbonyl (C=O) groups excluding carboxylic acids is 1. The van der Waals surface area contributed by atoms with Crippen LogP contribution in [0.1, 0.15) is 25.7 Å². The molecule has 0 unspecified atom stereocenters. The number of amides is 1. The first-order valence-corrected chi connectivity index (χ1v) is 8.71. The van der Waals surface area contributed by atoms with Crippen LogP contribution >= 0.6 is 0 Å². The second-order valence-corrected chi connectivity index (χ2v) is 6.82.